The number of carbonyl (C=O) groups is 1. The van der Waals surface area contributed by atoms with Crippen LogP contribution in [-0.2, 0) is 10.2 Å². The SMILES string of the molecule is CN1CCN(c2ccc(NC[C@@]3(c4ccc(F)cc4)CCOC3)cc2)C1=O. The van der Waals surface area contributed by atoms with Gasteiger partial charge in [0, 0.05) is 50.1 Å². The van der Waals surface area contributed by atoms with Crippen LogP contribution >= 0.6 is 0 Å². The molecule has 2 saturated heterocycles. The van der Waals surface area contributed by atoms with E-state index in [4.69, 9.17) is 4.74 Å². The fourth-order valence-corrected chi connectivity index (χ4v) is 3.80. The van der Waals surface area contributed by atoms with Gasteiger partial charge in [0.2, 0.25) is 0 Å². The highest BCUT2D eigenvalue weighted by Gasteiger charge is 2.36. The number of carbonyl (C=O) groups excluding carboxylic acids is 1. The molecule has 27 heavy (non-hydrogen) atoms. The molecule has 0 saturated carbocycles. The maximum Gasteiger partial charge on any atom is 0.324 e. The number of amides is 2. The summed E-state index contributed by atoms with van der Waals surface area (Å²) >= 11 is 0. The number of hydrogen-bond acceptors (Lipinski definition) is 3. The Labute approximate surface area is 158 Å². The first-order valence-electron chi connectivity index (χ1n) is 9.28. The Morgan fingerprint density at radius 1 is 1.11 bits per heavy atom. The molecule has 2 aliphatic heterocycles. The second kappa shape index (κ2) is 7.19. The van der Waals surface area contributed by atoms with Crippen molar-refractivity contribution in [1.29, 1.82) is 0 Å². The minimum atomic E-state index is -0.224. The van der Waals surface area contributed by atoms with Gasteiger partial charge in [0.1, 0.15) is 5.82 Å². The quantitative estimate of drug-likeness (QED) is 0.878. The average Bonchev–Trinajstić information content (AvgIpc) is 3.30. The van der Waals surface area contributed by atoms with Gasteiger partial charge in [0.05, 0.1) is 6.61 Å². The lowest BCUT2D eigenvalue weighted by Gasteiger charge is -2.29. The van der Waals surface area contributed by atoms with Crippen LogP contribution in [0.25, 0.3) is 0 Å². The highest BCUT2D eigenvalue weighted by atomic mass is 19.1. The number of rotatable bonds is 5. The number of hydrogen-bond donors (Lipinski definition) is 1. The van der Waals surface area contributed by atoms with Crippen molar-refractivity contribution in [2.75, 3.05) is 50.1 Å². The molecule has 6 heteroatoms. The van der Waals surface area contributed by atoms with E-state index in [9.17, 15) is 9.18 Å². The first-order chi connectivity index (χ1) is 13.1. The fraction of sp³-hybridized carbons (Fsp3) is 0.381. The number of nitrogens with one attached hydrogen (secondary N) is 1. The number of nitrogens with zero attached hydrogens (tertiary/aromatic N) is 2. The van der Waals surface area contributed by atoms with Crippen LogP contribution in [0.15, 0.2) is 48.5 Å². The Kier molecular flexibility index (Phi) is 4.74. The smallest absolute Gasteiger partial charge is 0.324 e. The molecule has 142 valence electrons. The van der Waals surface area contributed by atoms with Gasteiger partial charge in [-0.05, 0) is 48.4 Å². The lowest BCUT2D eigenvalue weighted by Crippen LogP contribution is -2.35. The standard InChI is InChI=1S/C21H24FN3O2/c1-24-11-12-25(20(24)26)19-8-6-18(7-9-19)23-14-21(10-13-27-15-21)16-2-4-17(22)5-3-16/h2-9,23H,10-15H2,1H3/t21-/m0/s1. The molecule has 2 aromatic rings. The van der Waals surface area contributed by atoms with E-state index < -0.39 is 0 Å². The molecule has 0 aromatic heterocycles. The van der Waals surface area contributed by atoms with Crippen LogP contribution in [-0.4, -0.2) is 50.8 Å². The fourth-order valence-electron chi connectivity index (χ4n) is 3.80. The van der Waals surface area contributed by atoms with Crippen LogP contribution in [0, 0.1) is 5.82 Å². The van der Waals surface area contributed by atoms with Crippen molar-refractivity contribution < 1.29 is 13.9 Å². The van der Waals surface area contributed by atoms with Gasteiger partial charge in [-0.25, -0.2) is 9.18 Å². The number of likely N-dealkylation sites (N-methyl/N-ethyl adjacent to an activating group) is 1. The van der Waals surface area contributed by atoms with E-state index in [0.29, 0.717) is 26.3 Å². The maximum absolute atomic E-state index is 13.3. The van der Waals surface area contributed by atoms with Crippen LogP contribution in [0.4, 0.5) is 20.6 Å². The second-order valence-corrected chi connectivity index (χ2v) is 7.35. The molecule has 4 rings (SSSR count). The Morgan fingerprint density at radius 2 is 1.85 bits per heavy atom. The molecular weight excluding hydrogens is 345 g/mol. The lowest BCUT2D eigenvalue weighted by atomic mass is 9.79. The molecule has 0 aliphatic carbocycles. The van der Waals surface area contributed by atoms with Crippen molar-refractivity contribution >= 4 is 17.4 Å². The van der Waals surface area contributed by atoms with E-state index in [1.165, 1.54) is 12.1 Å². The van der Waals surface area contributed by atoms with Gasteiger partial charge in [-0.15, -0.1) is 0 Å². The van der Waals surface area contributed by atoms with Crippen molar-refractivity contribution in [1.82, 2.24) is 4.90 Å². The maximum atomic E-state index is 13.3. The van der Waals surface area contributed by atoms with E-state index in [2.05, 4.69) is 5.32 Å². The number of urea groups is 1. The summed E-state index contributed by atoms with van der Waals surface area (Å²) in [6.45, 7) is 3.51. The van der Waals surface area contributed by atoms with Gasteiger partial charge in [-0.1, -0.05) is 12.1 Å². The van der Waals surface area contributed by atoms with Crippen LogP contribution in [0.1, 0.15) is 12.0 Å². The topological polar surface area (TPSA) is 44.8 Å². The van der Waals surface area contributed by atoms with Crippen molar-refractivity contribution in [2.45, 2.75) is 11.8 Å². The summed E-state index contributed by atoms with van der Waals surface area (Å²) in [5.41, 5.74) is 2.84. The molecule has 2 aliphatic rings. The lowest BCUT2D eigenvalue weighted by molar-refractivity contribution is 0.179. The Bertz CT molecular complexity index is 801. The van der Waals surface area contributed by atoms with Crippen LogP contribution in [0.3, 0.4) is 0 Å². The van der Waals surface area contributed by atoms with Crippen molar-refractivity contribution in [3.8, 4) is 0 Å². The Hall–Kier alpha value is -2.60. The normalized spacial score (nSPS) is 22.5. The average molecular weight is 369 g/mol. The summed E-state index contributed by atoms with van der Waals surface area (Å²) in [6, 6.07) is 14.7. The highest BCUT2D eigenvalue weighted by molar-refractivity contribution is 5.94. The molecule has 0 unspecified atom stereocenters. The molecule has 0 radical (unpaired) electrons. The monoisotopic (exact) mass is 369 g/mol. The van der Waals surface area contributed by atoms with Crippen molar-refractivity contribution in [3.63, 3.8) is 0 Å². The number of ether oxygens (including phenoxy) is 1. The summed E-state index contributed by atoms with van der Waals surface area (Å²) < 4.78 is 18.9. The molecule has 5 nitrogen and oxygen atoms in total. The van der Waals surface area contributed by atoms with E-state index in [1.807, 2.05) is 43.4 Å². The first-order valence-corrected chi connectivity index (χ1v) is 9.28. The molecule has 1 N–H and O–H groups in total. The molecular formula is C21H24FN3O2. The van der Waals surface area contributed by atoms with Crippen molar-refractivity contribution in [2.24, 2.45) is 0 Å². The largest absolute Gasteiger partial charge is 0.384 e. The Morgan fingerprint density at radius 3 is 2.44 bits per heavy atom. The van der Waals surface area contributed by atoms with E-state index >= 15 is 0 Å². The third kappa shape index (κ3) is 3.49. The zero-order chi connectivity index (χ0) is 18.9. The second-order valence-electron chi connectivity index (χ2n) is 7.35. The van der Waals surface area contributed by atoms with Gasteiger partial charge in [0.25, 0.3) is 0 Å². The van der Waals surface area contributed by atoms with Gasteiger partial charge < -0.3 is 15.0 Å². The Balaban J connectivity index is 1.45. The molecule has 1 atom stereocenters. The summed E-state index contributed by atoms with van der Waals surface area (Å²) in [7, 11) is 1.82. The molecule has 0 spiro atoms. The van der Waals surface area contributed by atoms with Crippen molar-refractivity contribution in [3.05, 3.63) is 59.9 Å². The summed E-state index contributed by atoms with van der Waals surface area (Å²) in [5, 5.41) is 3.49. The number of benzene rings is 2. The van der Waals surface area contributed by atoms with Gasteiger partial charge in [-0.2, -0.15) is 0 Å². The molecule has 2 fully saturated rings. The summed E-state index contributed by atoms with van der Waals surface area (Å²) in [6.07, 6.45) is 0.901. The van der Waals surface area contributed by atoms with Crippen LogP contribution < -0.4 is 10.2 Å². The summed E-state index contributed by atoms with van der Waals surface area (Å²) in [5.74, 6) is -0.224. The highest BCUT2D eigenvalue weighted by Crippen LogP contribution is 2.34. The van der Waals surface area contributed by atoms with E-state index in [-0.39, 0.29) is 17.3 Å². The van der Waals surface area contributed by atoms with Crippen LogP contribution in [0.2, 0.25) is 0 Å². The number of halogens is 1. The van der Waals surface area contributed by atoms with Gasteiger partial charge >= 0.3 is 6.03 Å². The third-order valence-corrected chi connectivity index (χ3v) is 5.59. The first kappa shape index (κ1) is 17.8. The zero-order valence-corrected chi connectivity index (χ0v) is 15.5. The molecule has 2 aromatic carbocycles. The molecule has 2 amide bonds. The van der Waals surface area contributed by atoms with Crippen LogP contribution in [0.5, 0.6) is 0 Å². The van der Waals surface area contributed by atoms with E-state index in [0.717, 1.165) is 29.9 Å². The predicted molar refractivity (Wildman–Crippen MR) is 104 cm³/mol. The number of anilines is 2. The molecule has 0 bridgehead atoms. The van der Waals surface area contributed by atoms with Gasteiger partial charge in [-0.3, -0.25) is 4.90 Å². The summed E-state index contributed by atoms with van der Waals surface area (Å²) in [4.78, 5) is 15.6. The van der Waals surface area contributed by atoms with Gasteiger partial charge in [0.15, 0.2) is 0 Å². The third-order valence-electron chi connectivity index (χ3n) is 5.59. The van der Waals surface area contributed by atoms with E-state index in [1.54, 1.807) is 9.80 Å². The predicted octanol–water partition coefficient (Wildman–Crippen LogP) is 3.47. The molecule has 2 heterocycles. The minimum Gasteiger partial charge on any atom is -0.384 e. The zero-order valence-electron chi connectivity index (χ0n) is 15.5. The minimum absolute atomic E-state index is 0.0362.